The minimum atomic E-state index is -0.0476. The second kappa shape index (κ2) is 11.8. The highest BCUT2D eigenvalue weighted by molar-refractivity contribution is 5.92. The van der Waals surface area contributed by atoms with Crippen molar-refractivity contribution in [3.8, 4) is 0 Å². The molecule has 0 aromatic heterocycles. The van der Waals surface area contributed by atoms with Crippen molar-refractivity contribution in [1.82, 2.24) is 15.5 Å². The van der Waals surface area contributed by atoms with E-state index in [1.807, 2.05) is 73.6 Å². The summed E-state index contributed by atoms with van der Waals surface area (Å²) < 4.78 is 0. The summed E-state index contributed by atoms with van der Waals surface area (Å²) >= 11 is 0. The molecule has 0 radical (unpaired) electrons. The molecule has 0 spiro atoms. The quantitative estimate of drug-likeness (QED) is 0.382. The molecule has 0 bridgehead atoms. The molecule has 0 aliphatic carbocycles. The van der Waals surface area contributed by atoms with Gasteiger partial charge in [0.05, 0.1) is 13.2 Å². The fourth-order valence-electron chi connectivity index (χ4n) is 2.89. The van der Waals surface area contributed by atoms with Crippen molar-refractivity contribution in [3.63, 3.8) is 0 Å². The molecule has 156 valence electrons. The molecule has 7 nitrogen and oxygen atoms in total. The van der Waals surface area contributed by atoms with E-state index in [1.165, 1.54) is 0 Å². The van der Waals surface area contributed by atoms with Crippen LogP contribution < -0.4 is 16.0 Å². The molecule has 29 heavy (non-hydrogen) atoms. The van der Waals surface area contributed by atoms with Crippen molar-refractivity contribution >= 4 is 17.6 Å². The van der Waals surface area contributed by atoms with Crippen molar-refractivity contribution in [2.24, 2.45) is 4.99 Å². The van der Waals surface area contributed by atoms with Crippen LogP contribution in [-0.2, 0) is 11.3 Å². The number of rotatable bonds is 9. The van der Waals surface area contributed by atoms with Crippen molar-refractivity contribution in [1.29, 1.82) is 0 Å². The van der Waals surface area contributed by atoms with E-state index in [4.69, 9.17) is 0 Å². The second-order valence-electron chi connectivity index (χ2n) is 7.08. The Labute approximate surface area is 172 Å². The number of anilines is 1. The fourth-order valence-corrected chi connectivity index (χ4v) is 2.89. The van der Waals surface area contributed by atoms with Crippen LogP contribution in [0.5, 0.6) is 0 Å². The molecule has 0 fully saturated rings. The number of likely N-dealkylation sites (N-methyl/N-ethyl adjacent to an activating group) is 1. The van der Waals surface area contributed by atoms with E-state index in [2.05, 4.69) is 20.9 Å². The lowest BCUT2D eigenvalue weighted by Gasteiger charge is -2.18. The summed E-state index contributed by atoms with van der Waals surface area (Å²) in [5.41, 5.74) is 2.88. The van der Waals surface area contributed by atoms with E-state index < -0.39 is 0 Å². The van der Waals surface area contributed by atoms with Gasteiger partial charge in [-0.05, 0) is 37.4 Å². The zero-order valence-corrected chi connectivity index (χ0v) is 17.4. The van der Waals surface area contributed by atoms with Gasteiger partial charge in [-0.25, -0.2) is 0 Å². The number of aliphatic imine (C=N–C) groups is 1. The number of aliphatic hydroxyl groups excluding tert-OH is 1. The normalized spacial score (nSPS) is 12.5. The smallest absolute Gasteiger partial charge is 0.238 e. The van der Waals surface area contributed by atoms with E-state index in [9.17, 15) is 9.90 Å². The van der Waals surface area contributed by atoms with Gasteiger partial charge in [0.2, 0.25) is 5.91 Å². The lowest BCUT2D eigenvalue weighted by atomic mass is 10.0. The highest BCUT2D eigenvalue weighted by atomic mass is 16.3. The first-order valence-corrected chi connectivity index (χ1v) is 9.65. The predicted molar refractivity (Wildman–Crippen MR) is 118 cm³/mol. The number of hydrogen-bond donors (Lipinski definition) is 4. The van der Waals surface area contributed by atoms with Crippen LogP contribution in [0.3, 0.4) is 0 Å². The van der Waals surface area contributed by atoms with Gasteiger partial charge in [0.1, 0.15) is 0 Å². The van der Waals surface area contributed by atoms with E-state index in [0.717, 1.165) is 16.8 Å². The van der Waals surface area contributed by atoms with Gasteiger partial charge in [-0.15, -0.1) is 0 Å². The van der Waals surface area contributed by atoms with Crippen LogP contribution in [0.4, 0.5) is 5.69 Å². The zero-order valence-electron chi connectivity index (χ0n) is 17.4. The van der Waals surface area contributed by atoms with E-state index in [0.29, 0.717) is 25.6 Å². The average molecular weight is 398 g/mol. The zero-order chi connectivity index (χ0) is 21.1. The Morgan fingerprint density at radius 3 is 2.52 bits per heavy atom. The molecule has 1 amide bonds. The minimum Gasteiger partial charge on any atom is -0.396 e. The third-order valence-electron chi connectivity index (χ3n) is 4.36. The van der Waals surface area contributed by atoms with E-state index in [1.54, 1.807) is 7.05 Å². The number of guanidine groups is 1. The van der Waals surface area contributed by atoms with Crippen LogP contribution in [0.15, 0.2) is 59.6 Å². The molecule has 1 atom stereocenters. The van der Waals surface area contributed by atoms with Crippen molar-refractivity contribution in [2.45, 2.75) is 12.5 Å². The molecular formula is C22H31N5O2. The van der Waals surface area contributed by atoms with Gasteiger partial charge < -0.3 is 26.0 Å². The molecular weight excluding hydrogens is 366 g/mol. The standard InChI is InChI=1S/C22H31N5O2/c1-23-22(25-14-19(16-28)18-9-5-4-6-10-18)24-13-17-8-7-11-20(12-17)26-21(29)15-27(2)3/h4-12,19,28H,13-16H2,1-3H3,(H,26,29)(H2,23,24,25). The number of carbonyl (C=O) groups is 1. The number of benzene rings is 2. The Morgan fingerprint density at radius 2 is 1.86 bits per heavy atom. The molecule has 4 N–H and O–H groups in total. The maximum atomic E-state index is 11.9. The molecule has 0 saturated heterocycles. The summed E-state index contributed by atoms with van der Waals surface area (Å²) in [5, 5.41) is 19.1. The first-order valence-electron chi connectivity index (χ1n) is 9.65. The molecule has 0 heterocycles. The third-order valence-corrected chi connectivity index (χ3v) is 4.36. The first kappa shape index (κ1) is 22.4. The van der Waals surface area contributed by atoms with Gasteiger partial charge in [-0.2, -0.15) is 0 Å². The number of nitrogens with zero attached hydrogens (tertiary/aromatic N) is 2. The Hall–Kier alpha value is -2.90. The number of aliphatic hydroxyl groups is 1. The molecule has 1 unspecified atom stereocenters. The van der Waals surface area contributed by atoms with Gasteiger partial charge in [0, 0.05) is 31.7 Å². The highest BCUT2D eigenvalue weighted by Crippen LogP contribution is 2.13. The topological polar surface area (TPSA) is 89.0 Å². The monoisotopic (exact) mass is 397 g/mol. The summed E-state index contributed by atoms with van der Waals surface area (Å²) in [6, 6.07) is 17.6. The van der Waals surface area contributed by atoms with Crippen molar-refractivity contribution in [3.05, 3.63) is 65.7 Å². The van der Waals surface area contributed by atoms with Gasteiger partial charge in [0.15, 0.2) is 5.96 Å². The Kier molecular flexibility index (Phi) is 9.14. The third kappa shape index (κ3) is 7.93. The van der Waals surface area contributed by atoms with Crippen LogP contribution in [0, 0.1) is 0 Å². The summed E-state index contributed by atoms with van der Waals surface area (Å²) in [4.78, 5) is 18.0. The van der Waals surface area contributed by atoms with Crippen LogP contribution in [0.2, 0.25) is 0 Å². The summed E-state index contributed by atoms with van der Waals surface area (Å²) in [6.07, 6.45) is 0. The molecule has 2 rings (SSSR count). The number of nitrogens with one attached hydrogen (secondary N) is 3. The van der Waals surface area contributed by atoms with Crippen LogP contribution in [0.1, 0.15) is 17.0 Å². The number of carbonyl (C=O) groups excluding carboxylic acids is 1. The number of hydrogen-bond acceptors (Lipinski definition) is 4. The van der Waals surface area contributed by atoms with Crippen LogP contribution >= 0.6 is 0 Å². The highest BCUT2D eigenvalue weighted by Gasteiger charge is 2.11. The Balaban J connectivity index is 1.87. The maximum Gasteiger partial charge on any atom is 0.238 e. The molecule has 7 heteroatoms. The lowest BCUT2D eigenvalue weighted by Crippen LogP contribution is -2.39. The largest absolute Gasteiger partial charge is 0.396 e. The number of amides is 1. The van der Waals surface area contributed by atoms with Gasteiger partial charge in [0.25, 0.3) is 0 Å². The predicted octanol–water partition coefficient (Wildman–Crippen LogP) is 1.63. The van der Waals surface area contributed by atoms with E-state index >= 15 is 0 Å². The van der Waals surface area contributed by atoms with Crippen LogP contribution in [0.25, 0.3) is 0 Å². The molecule has 2 aromatic rings. The maximum absolute atomic E-state index is 11.9. The minimum absolute atomic E-state index is 0.00927. The van der Waals surface area contributed by atoms with Crippen molar-refractivity contribution < 1.29 is 9.90 Å². The summed E-state index contributed by atoms with van der Waals surface area (Å²) in [6.45, 7) is 1.53. The fraction of sp³-hybridized carbons (Fsp3) is 0.364. The van der Waals surface area contributed by atoms with E-state index in [-0.39, 0.29) is 18.4 Å². The first-order chi connectivity index (χ1) is 14.0. The average Bonchev–Trinajstić information content (AvgIpc) is 2.71. The van der Waals surface area contributed by atoms with Crippen molar-refractivity contribution in [2.75, 3.05) is 46.2 Å². The lowest BCUT2D eigenvalue weighted by molar-refractivity contribution is -0.116. The Bertz CT molecular complexity index is 793. The summed E-state index contributed by atoms with van der Waals surface area (Å²) in [7, 11) is 5.43. The second-order valence-corrected chi connectivity index (χ2v) is 7.08. The SMILES string of the molecule is CN=C(NCc1cccc(NC(=O)CN(C)C)c1)NCC(CO)c1ccccc1. The molecule has 0 aliphatic rings. The molecule has 0 saturated carbocycles. The molecule has 0 aliphatic heterocycles. The Morgan fingerprint density at radius 1 is 1.10 bits per heavy atom. The van der Waals surface area contributed by atoms with Gasteiger partial charge >= 0.3 is 0 Å². The van der Waals surface area contributed by atoms with Gasteiger partial charge in [-0.1, -0.05) is 42.5 Å². The summed E-state index contributed by atoms with van der Waals surface area (Å²) in [5.74, 6) is 0.597. The molecule has 2 aromatic carbocycles. The van der Waals surface area contributed by atoms with Crippen LogP contribution in [-0.4, -0.2) is 62.7 Å². The van der Waals surface area contributed by atoms with Gasteiger partial charge in [-0.3, -0.25) is 9.79 Å².